The van der Waals surface area contributed by atoms with Crippen LogP contribution in [0.2, 0.25) is 0 Å². The number of hydrogen-bond donors (Lipinski definition) is 0. The van der Waals surface area contributed by atoms with Crippen molar-refractivity contribution in [2.24, 2.45) is 5.92 Å². The number of rotatable bonds is 3. The summed E-state index contributed by atoms with van der Waals surface area (Å²) in [6.45, 7) is 6.08. The van der Waals surface area contributed by atoms with E-state index >= 15 is 0 Å². The van der Waals surface area contributed by atoms with Crippen molar-refractivity contribution in [1.29, 1.82) is 0 Å². The molecule has 86 valence electrons. The third-order valence-electron chi connectivity index (χ3n) is 2.78. The van der Waals surface area contributed by atoms with Crippen LogP contribution in [0.1, 0.15) is 27.2 Å². The number of halogens is 1. The zero-order valence-electron chi connectivity index (χ0n) is 9.20. The molecule has 1 aliphatic heterocycles. The fourth-order valence-corrected chi connectivity index (χ4v) is 1.79. The Balaban J connectivity index is 2.81. The Morgan fingerprint density at radius 3 is 2.73 bits per heavy atom. The lowest BCUT2D eigenvalue weighted by Gasteiger charge is -2.24. The molecule has 1 fully saturated rings. The maximum Gasteiger partial charge on any atom is 0.417 e. The van der Waals surface area contributed by atoms with Gasteiger partial charge in [0.1, 0.15) is 6.61 Å². The second-order valence-corrected chi connectivity index (χ2v) is 5.23. The number of ether oxygens (including phenoxy) is 1. The van der Waals surface area contributed by atoms with Crippen molar-refractivity contribution in [3.05, 3.63) is 0 Å². The second-order valence-electron chi connectivity index (χ2n) is 3.85. The third-order valence-corrected chi connectivity index (χ3v) is 3.18. The fraction of sp³-hybridized carbons (Fsp3) is 0.800. The highest BCUT2D eigenvalue weighted by Gasteiger charge is 2.41. The van der Waals surface area contributed by atoms with Crippen LogP contribution in [0.3, 0.4) is 0 Å². The van der Waals surface area contributed by atoms with Crippen LogP contribution in [0.15, 0.2) is 0 Å². The summed E-state index contributed by atoms with van der Waals surface area (Å²) in [5, 5.41) is 0. The van der Waals surface area contributed by atoms with Gasteiger partial charge < -0.3 is 4.74 Å². The highest BCUT2D eigenvalue weighted by molar-refractivity contribution is 9.10. The molecule has 1 aliphatic rings. The molecule has 2 amide bonds. The molecule has 15 heavy (non-hydrogen) atoms. The summed E-state index contributed by atoms with van der Waals surface area (Å²) in [7, 11) is 0. The molecule has 4 nitrogen and oxygen atoms in total. The summed E-state index contributed by atoms with van der Waals surface area (Å²) in [5.41, 5.74) is 0. The van der Waals surface area contributed by atoms with E-state index in [1.54, 1.807) is 6.92 Å². The van der Waals surface area contributed by atoms with Crippen molar-refractivity contribution in [3.8, 4) is 0 Å². The van der Waals surface area contributed by atoms with Crippen LogP contribution >= 0.6 is 15.9 Å². The van der Waals surface area contributed by atoms with E-state index < -0.39 is 6.09 Å². The van der Waals surface area contributed by atoms with Gasteiger partial charge >= 0.3 is 6.09 Å². The molecule has 0 aromatic rings. The monoisotopic (exact) mass is 277 g/mol. The average Bonchev–Trinajstić information content (AvgIpc) is 2.57. The largest absolute Gasteiger partial charge is 0.447 e. The molecule has 0 aromatic carbocycles. The second kappa shape index (κ2) is 4.96. The van der Waals surface area contributed by atoms with E-state index in [0.717, 1.165) is 6.42 Å². The van der Waals surface area contributed by atoms with Crippen LogP contribution in [0.4, 0.5) is 4.79 Å². The number of alkyl halides is 1. The van der Waals surface area contributed by atoms with Crippen LogP contribution < -0.4 is 0 Å². The molecular weight excluding hydrogens is 262 g/mol. The average molecular weight is 278 g/mol. The Hall–Kier alpha value is -0.580. The lowest BCUT2D eigenvalue weighted by molar-refractivity contribution is -0.128. The first-order valence-corrected chi connectivity index (χ1v) is 6.04. The molecule has 0 aliphatic carbocycles. The summed E-state index contributed by atoms with van der Waals surface area (Å²) >= 11 is 3.18. The predicted molar refractivity (Wildman–Crippen MR) is 59.8 cm³/mol. The minimum absolute atomic E-state index is 0.116. The zero-order valence-corrected chi connectivity index (χ0v) is 10.8. The first-order valence-electron chi connectivity index (χ1n) is 5.12. The van der Waals surface area contributed by atoms with Crippen LogP contribution in [0, 0.1) is 5.92 Å². The minimum atomic E-state index is -0.517. The highest BCUT2D eigenvalue weighted by Crippen LogP contribution is 2.23. The Kier molecular flexibility index (Phi) is 4.13. The lowest BCUT2D eigenvalue weighted by atomic mass is 9.99. The van der Waals surface area contributed by atoms with Gasteiger partial charge in [0.25, 0.3) is 0 Å². The van der Waals surface area contributed by atoms with Crippen molar-refractivity contribution in [3.63, 3.8) is 0 Å². The number of carbonyl (C=O) groups is 2. The first-order chi connectivity index (χ1) is 6.99. The molecule has 0 saturated carbocycles. The van der Waals surface area contributed by atoms with Gasteiger partial charge in [-0.05, 0) is 12.8 Å². The number of carbonyl (C=O) groups excluding carboxylic acids is 2. The molecule has 0 bridgehead atoms. The zero-order chi connectivity index (χ0) is 11.6. The van der Waals surface area contributed by atoms with Gasteiger partial charge in [0.15, 0.2) is 0 Å². The van der Waals surface area contributed by atoms with Gasteiger partial charge in [0.05, 0.1) is 10.9 Å². The summed E-state index contributed by atoms with van der Waals surface area (Å²) in [6.07, 6.45) is 0.401. The molecule has 0 N–H and O–H groups in total. The number of hydrogen-bond acceptors (Lipinski definition) is 3. The Morgan fingerprint density at radius 2 is 2.27 bits per heavy atom. The Bertz CT molecular complexity index is 267. The van der Waals surface area contributed by atoms with Crippen LogP contribution in [-0.4, -0.2) is 34.4 Å². The molecule has 0 spiro atoms. The summed E-state index contributed by atoms with van der Waals surface area (Å²) < 4.78 is 4.92. The topological polar surface area (TPSA) is 46.6 Å². The maximum absolute atomic E-state index is 11.8. The van der Waals surface area contributed by atoms with Crippen molar-refractivity contribution in [1.82, 2.24) is 4.90 Å². The van der Waals surface area contributed by atoms with Crippen molar-refractivity contribution < 1.29 is 14.3 Å². The van der Waals surface area contributed by atoms with Gasteiger partial charge in [-0.25, -0.2) is 9.69 Å². The van der Waals surface area contributed by atoms with Gasteiger partial charge in [-0.2, -0.15) is 0 Å². The number of imide groups is 1. The van der Waals surface area contributed by atoms with E-state index in [9.17, 15) is 9.59 Å². The van der Waals surface area contributed by atoms with E-state index in [1.165, 1.54) is 4.90 Å². The predicted octanol–water partition coefficient (Wildman–Crippen LogP) is 2.16. The number of cyclic esters (lactones) is 1. The summed E-state index contributed by atoms with van der Waals surface area (Å²) in [4.78, 5) is 24.1. The molecule has 5 heteroatoms. The molecule has 1 heterocycles. The fourth-order valence-electron chi connectivity index (χ4n) is 1.57. The number of nitrogens with zero attached hydrogens (tertiary/aromatic N) is 1. The van der Waals surface area contributed by atoms with E-state index in [0.29, 0.717) is 6.61 Å². The van der Waals surface area contributed by atoms with Gasteiger partial charge in [0.2, 0.25) is 5.91 Å². The van der Waals surface area contributed by atoms with Gasteiger partial charge in [0, 0.05) is 0 Å². The van der Waals surface area contributed by atoms with E-state index in [-0.39, 0.29) is 22.7 Å². The minimum Gasteiger partial charge on any atom is -0.447 e. The SMILES string of the molecule is CCC(C)[C@H]1COC(=O)N1C(=O)C(C)Br. The number of amides is 2. The highest BCUT2D eigenvalue weighted by atomic mass is 79.9. The van der Waals surface area contributed by atoms with Gasteiger partial charge in [-0.1, -0.05) is 36.2 Å². The van der Waals surface area contributed by atoms with Crippen molar-refractivity contribution in [2.45, 2.75) is 38.1 Å². The smallest absolute Gasteiger partial charge is 0.417 e. The van der Waals surface area contributed by atoms with Crippen molar-refractivity contribution >= 4 is 27.9 Å². The quantitative estimate of drug-likeness (QED) is 0.743. The Labute approximate surface area is 98.1 Å². The molecular formula is C10H16BrNO3. The molecule has 2 unspecified atom stereocenters. The van der Waals surface area contributed by atoms with Crippen LogP contribution in [0.25, 0.3) is 0 Å². The van der Waals surface area contributed by atoms with E-state index in [2.05, 4.69) is 15.9 Å². The normalized spacial score (nSPS) is 24.9. The van der Waals surface area contributed by atoms with Gasteiger partial charge in [-0.15, -0.1) is 0 Å². The molecule has 3 atom stereocenters. The maximum atomic E-state index is 11.8. The van der Waals surface area contributed by atoms with Crippen LogP contribution in [-0.2, 0) is 9.53 Å². The van der Waals surface area contributed by atoms with Crippen molar-refractivity contribution in [2.75, 3.05) is 6.61 Å². The molecule has 0 radical (unpaired) electrons. The molecule has 0 aromatic heterocycles. The molecule has 1 saturated heterocycles. The third kappa shape index (κ3) is 2.51. The van der Waals surface area contributed by atoms with Crippen LogP contribution in [0.5, 0.6) is 0 Å². The summed E-state index contributed by atoms with van der Waals surface area (Å²) in [6, 6.07) is -0.116. The summed E-state index contributed by atoms with van der Waals surface area (Å²) in [5.74, 6) is 0.0504. The van der Waals surface area contributed by atoms with E-state index in [1.807, 2.05) is 13.8 Å². The first kappa shape index (κ1) is 12.5. The van der Waals surface area contributed by atoms with Gasteiger partial charge in [-0.3, -0.25) is 4.79 Å². The standard InChI is InChI=1S/C10H16BrNO3/c1-4-6(2)8-5-15-10(14)12(8)9(13)7(3)11/h6-8H,4-5H2,1-3H3/t6?,7?,8-/m1/s1. The molecule has 1 rings (SSSR count). The lowest BCUT2D eigenvalue weighted by Crippen LogP contribution is -2.45. The van der Waals surface area contributed by atoms with E-state index in [4.69, 9.17) is 4.74 Å². The Morgan fingerprint density at radius 1 is 1.67 bits per heavy atom.